The summed E-state index contributed by atoms with van der Waals surface area (Å²) in [5.74, 6) is 0.351. The fourth-order valence-electron chi connectivity index (χ4n) is 2.69. The summed E-state index contributed by atoms with van der Waals surface area (Å²) in [5, 5.41) is 6.36. The summed E-state index contributed by atoms with van der Waals surface area (Å²) in [7, 11) is 0. The Morgan fingerprint density at radius 3 is 2.89 bits per heavy atom. The lowest BCUT2D eigenvalue weighted by atomic mass is 9.99. The summed E-state index contributed by atoms with van der Waals surface area (Å²) >= 11 is 0. The van der Waals surface area contributed by atoms with E-state index in [1.54, 1.807) is 0 Å². The molecular weight excluding hydrogens is 236 g/mol. The predicted molar refractivity (Wildman–Crippen MR) is 78.2 cm³/mol. The average Bonchev–Trinajstić information content (AvgIpc) is 2.86. The first kappa shape index (κ1) is 14.1. The molecule has 2 unspecified atom stereocenters. The Kier molecular flexibility index (Phi) is 4.59. The SMILES string of the molecule is Cc1ccc(CC(C)NC(=O)C2CCNC2)c(C)c1. The molecule has 1 aliphatic heterocycles. The number of amides is 1. The molecular formula is C16H24N2O. The molecule has 1 aromatic rings. The van der Waals surface area contributed by atoms with Gasteiger partial charge in [0.2, 0.25) is 5.91 Å². The van der Waals surface area contributed by atoms with Gasteiger partial charge in [-0.05, 0) is 51.3 Å². The van der Waals surface area contributed by atoms with Crippen molar-refractivity contribution in [1.82, 2.24) is 10.6 Å². The summed E-state index contributed by atoms with van der Waals surface area (Å²) < 4.78 is 0. The minimum atomic E-state index is 0.154. The van der Waals surface area contributed by atoms with Gasteiger partial charge < -0.3 is 10.6 Å². The van der Waals surface area contributed by atoms with Crippen molar-refractivity contribution in [3.63, 3.8) is 0 Å². The van der Waals surface area contributed by atoms with Crippen LogP contribution in [0.25, 0.3) is 0 Å². The van der Waals surface area contributed by atoms with Crippen molar-refractivity contribution in [1.29, 1.82) is 0 Å². The lowest BCUT2D eigenvalue weighted by Gasteiger charge is -2.18. The van der Waals surface area contributed by atoms with Gasteiger partial charge in [0.25, 0.3) is 0 Å². The Hall–Kier alpha value is -1.35. The number of carbonyl (C=O) groups is 1. The Morgan fingerprint density at radius 2 is 2.26 bits per heavy atom. The van der Waals surface area contributed by atoms with Crippen LogP contribution in [0.3, 0.4) is 0 Å². The molecule has 2 N–H and O–H groups in total. The molecule has 3 heteroatoms. The normalized spacial score (nSPS) is 20.3. The molecule has 2 atom stereocenters. The van der Waals surface area contributed by atoms with E-state index in [9.17, 15) is 4.79 Å². The highest BCUT2D eigenvalue weighted by Crippen LogP contribution is 2.13. The lowest BCUT2D eigenvalue weighted by Crippen LogP contribution is -2.39. The lowest BCUT2D eigenvalue weighted by molar-refractivity contribution is -0.125. The highest BCUT2D eigenvalue weighted by atomic mass is 16.2. The van der Waals surface area contributed by atoms with Crippen LogP contribution in [0, 0.1) is 19.8 Å². The summed E-state index contributed by atoms with van der Waals surface area (Å²) in [6, 6.07) is 6.70. The third-order valence-corrected chi connectivity index (χ3v) is 3.84. The van der Waals surface area contributed by atoms with Crippen molar-refractivity contribution in [3.05, 3.63) is 34.9 Å². The minimum Gasteiger partial charge on any atom is -0.353 e. The molecule has 19 heavy (non-hydrogen) atoms. The molecule has 1 heterocycles. The Balaban J connectivity index is 1.89. The van der Waals surface area contributed by atoms with Crippen LogP contribution in [0.4, 0.5) is 0 Å². The molecule has 0 bridgehead atoms. The fourth-order valence-corrected chi connectivity index (χ4v) is 2.69. The van der Waals surface area contributed by atoms with E-state index in [0.29, 0.717) is 0 Å². The largest absolute Gasteiger partial charge is 0.353 e. The molecule has 0 aliphatic carbocycles. The van der Waals surface area contributed by atoms with Gasteiger partial charge in [-0.2, -0.15) is 0 Å². The second-order valence-corrected chi connectivity index (χ2v) is 5.73. The first-order valence-corrected chi connectivity index (χ1v) is 7.13. The van der Waals surface area contributed by atoms with E-state index in [0.717, 1.165) is 25.9 Å². The van der Waals surface area contributed by atoms with E-state index >= 15 is 0 Å². The van der Waals surface area contributed by atoms with E-state index in [1.165, 1.54) is 16.7 Å². The standard InChI is InChI=1S/C16H24N2O/c1-11-4-5-14(12(2)8-11)9-13(3)18-16(19)15-6-7-17-10-15/h4-5,8,13,15,17H,6-7,9-10H2,1-3H3,(H,18,19). The van der Waals surface area contributed by atoms with Crippen molar-refractivity contribution < 1.29 is 4.79 Å². The van der Waals surface area contributed by atoms with Crippen molar-refractivity contribution in [2.24, 2.45) is 5.92 Å². The number of aryl methyl sites for hydroxylation is 2. The summed E-state index contributed by atoms with van der Waals surface area (Å²) in [5.41, 5.74) is 3.92. The number of carbonyl (C=O) groups excluding carboxylic acids is 1. The molecule has 1 fully saturated rings. The Labute approximate surface area is 115 Å². The van der Waals surface area contributed by atoms with Crippen molar-refractivity contribution in [2.45, 2.75) is 39.7 Å². The van der Waals surface area contributed by atoms with Gasteiger partial charge >= 0.3 is 0 Å². The number of hydrogen-bond acceptors (Lipinski definition) is 2. The second kappa shape index (κ2) is 6.20. The zero-order valence-corrected chi connectivity index (χ0v) is 12.1. The molecule has 1 aliphatic rings. The molecule has 1 aromatic carbocycles. The third-order valence-electron chi connectivity index (χ3n) is 3.84. The number of nitrogens with one attached hydrogen (secondary N) is 2. The molecule has 0 radical (unpaired) electrons. The summed E-state index contributed by atoms with van der Waals surface area (Å²) in [6.45, 7) is 8.11. The maximum atomic E-state index is 12.0. The van der Waals surface area contributed by atoms with Gasteiger partial charge in [0, 0.05) is 12.6 Å². The van der Waals surface area contributed by atoms with Crippen LogP contribution in [0.5, 0.6) is 0 Å². The van der Waals surface area contributed by atoms with Crippen LogP contribution >= 0.6 is 0 Å². The zero-order chi connectivity index (χ0) is 13.8. The number of hydrogen-bond donors (Lipinski definition) is 2. The van der Waals surface area contributed by atoms with Crippen molar-refractivity contribution >= 4 is 5.91 Å². The van der Waals surface area contributed by atoms with E-state index in [4.69, 9.17) is 0 Å². The third kappa shape index (κ3) is 3.80. The quantitative estimate of drug-likeness (QED) is 0.869. The van der Waals surface area contributed by atoms with E-state index in [1.807, 2.05) is 0 Å². The van der Waals surface area contributed by atoms with Crippen LogP contribution in [0.1, 0.15) is 30.0 Å². The highest BCUT2D eigenvalue weighted by molar-refractivity contribution is 5.79. The molecule has 3 nitrogen and oxygen atoms in total. The summed E-state index contributed by atoms with van der Waals surface area (Å²) in [4.78, 5) is 12.0. The molecule has 0 spiro atoms. The van der Waals surface area contributed by atoms with Gasteiger partial charge in [-0.25, -0.2) is 0 Å². The number of benzene rings is 1. The minimum absolute atomic E-state index is 0.154. The van der Waals surface area contributed by atoms with Gasteiger partial charge in [0.15, 0.2) is 0 Å². The molecule has 1 saturated heterocycles. The Bertz CT molecular complexity index is 450. The maximum absolute atomic E-state index is 12.0. The predicted octanol–water partition coefficient (Wildman–Crippen LogP) is 1.96. The monoisotopic (exact) mass is 260 g/mol. The molecule has 2 rings (SSSR count). The fraction of sp³-hybridized carbons (Fsp3) is 0.562. The van der Waals surface area contributed by atoms with Gasteiger partial charge in [0.05, 0.1) is 5.92 Å². The highest BCUT2D eigenvalue weighted by Gasteiger charge is 2.23. The van der Waals surface area contributed by atoms with E-state index < -0.39 is 0 Å². The topological polar surface area (TPSA) is 41.1 Å². The van der Waals surface area contributed by atoms with Crippen LogP contribution < -0.4 is 10.6 Å². The average molecular weight is 260 g/mol. The smallest absolute Gasteiger partial charge is 0.224 e. The zero-order valence-electron chi connectivity index (χ0n) is 12.1. The van der Waals surface area contributed by atoms with Gasteiger partial charge in [-0.3, -0.25) is 4.79 Å². The van der Waals surface area contributed by atoms with Crippen molar-refractivity contribution in [2.75, 3.05) is 13.1 Å². The van der Waals surface area contributed by atoms with Crippen LogP contribution in [-0.4, -0.2) is 25.0 Å². The Morgan fingerprint density at radius 1 is 1.47 bits per heavy atom. The summed E-state index contributed by atoms with van der Waals surface area (Å²) in [6.07, 6.45) is 1.86. The van der Waals surface area contributed by atoms with E-state index in [-0.39, 0.29) is 17.9 Å². The first-order valence-electron chi connectivity index (χ1n) is 7.13. The van der Waals surface area contributed by atoms with E-state index in [2.05, 4.69) is 49.6 Å². The molecule has 0 saturated carbocycles. The maximum Gasteiger partial charge on any atom is 0.224 e. The van der Waals surface area contributed by atoms with Crippen LogP contribution in [0.15, 0.2) is 18.2 Å². The van der Waals surface area contributed by atoms with Gasteiger partial charge in [-0.15, -0.1) is 0 Å². The van der Waals surface area contributed by atoms with Crippen LogP contribution in [-0.2, 0) is 11.2 Å². The van der Waals surface area contributed by atoms with Gasteiger partial charge in [0.1, 0.15) is 0 Å². The van der Waals surface area contributed by atoms with Crippen LogP contribution in [0.2, 0.25) is 0 Å². The molecule has 0 aromatic heterocycles. The second-order valence-electron chi connectivity index (χ2n) is 5.73. The molecule has 1 amide bonds. The molecule has 104 valence electrons. The number of rotatable bonds is 4. The van der Waals surface area contributed by atoms with Crippen molar-refractivity contribution in [3.8, 4) is 0 Å². The van der Waals surface area contributed by atoms with Gasteiger partial charge in [-0.1, -0.05) is 23.8 Å². The first-order chi connectivity index (χ1) is 9.06.